The number of rotatable bonds is 2. The van der Waals surface area contributed by atoms with Crippen LogP contribution in [0.25, 0.3) is 11.1 Å². The van der Waals surface area contributed by atoms with Crippen molar-refractivity contribution in [2.75, 3.05) is 0 Å². The van der Waals surface area contributed by atoms with Crippen molar-refractivity contribution >= 4 is 5.78 Å². The van der Waals surface area contributed by atoms with E-state index in [9.17, 15) is 4.79 Å². The molecule has 0 aliphatic heterocycles. The van der Waals surface area contributed by atoms with E-state index in [4.69, 9.17) is 0 Å². The van der Waals surface area contributed by atoms with Gasteiger partial charge < -0.3 is 0 Å². The molecule has 0 saturated heterocycles. The maximum Gasteiger partial charge on any atom is 0.193 e. The molecule has 0 radical (unpaired) electrons. The van der Waals surface area contributed by atoms with E-state index in [1.807, 2.05) is 24.3 Å². The lowest BCUT2D eigenvalue weighted by atomic mass is 9.83. The molecular weight excluding hydrogens is 280 g/mol. The van der Waals surface area contributed by atoms with E-state index in [1.165, 1.54) is 16.7 Å². The van der Waals surface area contributed by atoms with Gasteiger partial charge >= 0.3 is 0 Å². The molecule has 1 aliphatic rings. The van der Waals surface area contributed by atoms with Crippen LogP contribution in [0.2, 0.25) is 0 Å². The zero-order valence-electron chi connectivity index (χ0n) is 13.2. The highest BCUT2D eigenvalue weighted by atomic mass is 16.1. The molecular formula is C22H18O. The second kappa shape index (κ2) is 5.51. The second-order valence-electron chi connectivity index (χ2n) is 6.09. The molecule has 23 heavy (non-hydrogen) atoms. The lowest BCUT2D eigenvalue weighted by Crippen LogP contribution is -2.14. The van der Waals surface area contributed by atoms with Crippen molar-refractivity contribution in [1.29, 1.82) is 0 Å². The van der Waals surface area contributed by atoms with Gasteiger partial charge in [0.2, 0.25) is 0 Å². The van der Waals surface area contributed by atoms with Gasteiger partial charge in [-0.15, -0.1) is 0 Å². The minimum absolute atomic E-state index is 0.148. The van der Waals surface area contributed by atoms with E-state index in [2.05, 4.69) is 49.4 Å². The second-order valence-corrected chi connectivity index (χ2v) is 6.09. The molecule has 112 valence electrons. The van der Waals surface area contributed by atoms with Gasteiger partial charge in [0.1, 0.15) is 0 Å². The number of benzene rings is 3. The Morgan fingerprint density at radius 1 is 0.783 bits per heavy atom. The largest absolute Gasteiger partial charge is 0.289 e. The van der Waals surface area contributed by atoms with Gasteiger partial charge in [-0.2, -0.15) is 0 Å². The number of ketones is 1. The fourth-order valence-corrected chi connectivity index (χ4v) is 3.32. The first-order valence-electron chi connectivity index (χ1n) is 8.11. The zero-order chi connectivity index (χ0) is 15.8. The van der Waals surface area contributed by atoms with Crippen LogP contribution in [0, 0.1) is 0 Å². The Bertz CT molecular complexity index is 888. The number of carbonyl (C=O) groups excluding carboxylic acids is 1. The highest BCUT2D eigenvalue weighted by Gasteiger charge is 2.22. The van der Waals surface area contributed by atoms with Crippen molar-refractivity contribution in [2.24, 2.45) is 0 Å². The Morgan fingerprint density at radius 3 is 2.26 bits per heavy atom. The zero-order valence-corrected chi connectivity index (χ0v) is 13.2. The molecule has 1 heteroatoms. The van der Waals surface area contributed by atoms with Crippen LogP contribution in [0.15, 0.2) is 66.7 Å². The van der Waals surface area contributed by atoms with E-state index < -0.39 is 0 Å². The summed E-state index contributed by atoms with van der Waals surface area (Å²) >= 11 is 0. The average Bonchev–Trinajstić information content (AvgIpc) is 2.61. The Balaban J connectivity index is 1.76. The molecule has 4 rings (SSSR count). The molecule has 0 atom stereocenters. The molecule has 0 unspecified atom stereocenters. The Morgan fingerprint density at radius 2 is 1.48 bits per heavy atom. The number of hydrogen-bond donors (Lipinski definition) is 0. The summed E-state index contributed by atoms with van der Waals surface area (Å²) in [6, 6.07) is 22.8. The first kappa shape index (κ1) is 14.0. The molecule has 0 saturated carbocycles. The summed E-state index contributed by atoms with van der Waals surface area (Å²) in [5, 5.41) is 0. The maximum atomic E-state index is 12.6. The molecule has 1 aliphatic carbocycles. The molecule has 0 fully saturated rings. The highest BCUT2D eigenvalue weighted by Crippen LogP contribution is 2.30. The molecule has 0 N–H and O–H groups in total. The predicted molar refractivity (Wildman–Crippen MR) is 93.9 cm³/mol. The lowest BCUT2D eigenvalue weighted by molar-refractivity contribution is 0.103. The third-order valence-corrected chi connectivity index (χ3v) is 4.69. The predicted octanol–water partition coefficient (Wildman–Crippen LogP) is 5.05. The highest BCUT2D eigenvalue weighted by molar-refractivity contribution is 6.12. The Hall–Kier alpha value is -2.67. The summed E-state index contributed by atoms with van der Waals surface area (Å²) in [7, 11) is 0. The van der Waals surface area contributed by atoms with Crippen molar-refractivity contribution in [3.63, 3.8) is 0 Å². The summed E-state index contributed by atoms with van der Waals surface area (Å²) in [5.74, 6) is 0.148. The minimum Gasteiger partial charge on any atom is -0.289 e. The first-order valence-corrected chi connectivity index (χ1v) is 8.11. The molecule has 1 nitrogen and oxygen atoms in total. The monoisotopic (exact) mass is 298 g/mol. The molecule has 3 aromatic rings. The molecule has 3 aromatic carbocycles. The van der Waals surface area contributed by atoms with Gasteiger partial charge in [0.15, 0.2) is 5.78 Å². The number of carbonyl (C=O) groups is 1. The molecule has 0 amide bonds. The van der Waals surface area contributed by atoms with Crippen molar-refractivity contribution in [2.45, 2.75) is 19.8 Å². The minimum atomic E-state index is 0.148. The Kier molecular flexibility index (Phi) is 3.34. The van der Waals surface area contributed by atoms with E-state index in [-0.39, 0.29) is 5.78 Å². The summed E-state index contributed by atoms with van der Waals surface area (Å²) in [5.41, 5.74) is 7.68. The Labute approximate surface area is 136 Å². The number of hydrogen-bond acceptors (Lipinski definition) is 1. The molecule has 0 aromatic heterocycles. The van der Waals surface area contributed by atoms with Crippen molar-refractivity contribution < 1.29 is 4.79 Å². The summed E-state index contributed by atoms with van der Waals surface area (Å²) < 4.78 is 0. The number of aryl methyl sites for hydroxylation is 1. The maximum absolute atomic E-state index is 12.6. The van der Waals surface area contributed by atoms with Crippen LogP contribution in [-0.4, -0.2) is 5.78 Å². The SMILES string of the molecule is CCc1ccc(-c2ccc3c(c2)Cc2ccccc2C3=O)cc1. The van der Waals surface area contributed by atoms with Crippen molar-refractivity contribution in [3.8, 4) is 11.1 Å². The fourth-order valence-electron chi connectivity index (χ4n) is 3.32. The third kappa shape index (κ3) is 2.39. The fraction of sp³-hybridized carbons (Fsp3) is 0.136. The van der Waals surface area contributed by atoms with Crippen LogP contribution in [-0.2, 0) is 12.8 Å². The quantitative estimate of drug-likeness (QED) is 0.506. The normalized spacial score (nSPS) is 12.7. The molecule has 0 heterocycles. The van der Waals surface area contributed by atoms with Crippen LogP contribution in [0.3, 0.4) is 0 Å². The van der Waals surface area contributed by atoms with E-state index in [0.717, 1.165) is 35.1 Å². The van der Waals surface area contributed by atoms with Crippen molar-refractivity contribution in [1.82, 2.24) is 0 Å². The average molecular weight is 298 g/mol. The van der Waals surface area contributed by atoms with Crippen LogP contribution in [0.4, 0.5) is 0 Å². The van der Waals surface area contributed by atoms with Crippen LogP contribution >= 0.6 is 0 Å². The number of fused-ring (bicyclic) bond motifs is 2. The van der Waals surface area contributed by atoms with Gasteiger partial charge in [0, 0.05) is 11.1 Å². The third-order valence-electron chi connectivity index (χ3n) is 4.69. The summed E-state index contributed by atoms with van der Waals surface area (Å²) in [4.78, 5) is 12.6. The summed E-state index contributed by atoms with van der Waals surface area (Å²) in [6.07, 6.45) is 1.88. The molecule has 0 spiro atoms. The van der Waals surface area contributed by atoms with Gasteiger partial charge in [-0.05, 0) is 40.7 Å². The van der Waals surface area contributed by atoms with Gasteiger partial charge in [0.05, 0.1) is 0 Å². The standard InChI is InChI=1S/C22H18O/c1-2-15-7-9-16(10-8-15)17-11-12-21-19(13-17)14-18-5-3-4-6-20(18)22(21)23/h3-13H,2,14H2,1H3. The van der Waals surface area contributed by atoms with Gasteiger partial charge in [-0.3, -0.25) is 4.79 Å². The van der Waals surface area contributed by atoms with E-state index in [1.54, 1.807) is 0 Å². The van der Waals surface area contributed by atoms with Gasteiger partial charge in [0.25, 0.3) is 0 Å². The molecule has 0 bridgehead atoms. The van der Waals surface area contributed by atoms with Gasteiger partial charge in [-0.1, -0.05) is 73.7 Å². The van der Waals surface area contributed by atoms with Crippen LogP contribution in [0.5, 0.6) is 0 Å². The van der Waals surface area contributed by atoms with Crippen molar-refractivity contribution in [3.05, 3.63) is 94.5 Å². The smallest absolute Gasteiger partial charge is 0.193 e. The first-order chi connectivity index (χ1) is 11.3. The van der Waals surface area contributed by atoms with Gasteiger partial charge in [-0.25, -0.2) is 0 Å². The summed E-state index contributed by atoms with van der Waals surface area (Å²) in [6.45, 7) is 2.16. The van der Waals surface area contributed by atoms with E-state index in [0.29, 0.717) is 0 Å². The topological polar surface area (TPSA) is 17.1 Å². The van der Waals surface area contributed by atoms with Crippen LogP contribution < -0.4 is 0 Å². The van der Waals surface area contributed by atoms with Crippen LogP contribution in [0.1, 0.15) is 39.5 Å². The van der Waals surface area contributed by atoms with E-state index >= 15 is 0 Å². The lowest BCUT2D eigenvalue weighted by Gasteiger charge is -2.19.